The fraction of sp³-hybridized carbons (Fsp3) is 0.500. The van der Waals surface area contributed by atoms with Crippen LogP contribution in [0.15, 0.2) is 24.3 Å². The summed E-state index contributed by atoms with van der Waals surface area (Å²) in [4.78, 5) is 12.6. The number of Topliss-reactive ketones (excluding diaryl/α,β-unsaturated/α-hetero) is 1. The van der Waals surface area contributed by atoms with Crippen LogP contribution in [0.2, 0.25) is 18.1 Å². The topological polar surface area (TPSA) is 31.2 Å². The molecular weight excluding hydrogens is 338 g/mol. The van der Waals surface area contributed by atoms with Gasteiger partial charge in [0.25, 0.3) is 0 Å². The molecule has 1 aromatic heterocycles. The van der Waals surface area contributed by atoms with Gasteiger partial charge < -0.3 is 8.99 Å². The number of aryl methyl sites for hydroxylation is 1. The van der Waals surface area contributed by atoms with Crippen molar-refractivity contribution in [3.05, 3.63) is 41.1 Å². The molecule has 1 atom stereocenters. The van der Waals surface area contributed by atoms with Crippen LogP contribution in [-0.2, 0) is 18.1 Å². The molecule has 0 aliphatic heterocycles. The lowest BCUT2D eigenvalue weighted by atomic mass is 9.98. The van der Waals surface area contributed by atoms with Crippen LogP contribution in [-0.4, -0.2) is 18.7 Å². The molecule has 3 nitrogen and oxygen atoms in total. The molecule has 1 unspecified atom stereocenters. The lowest BCUT2D eigenvalue weighted by molar-refractivity contribution is 0.0973. The van der Waals surface area contributed by atoms with Gasteiger partial charge in [-0.2, -0.15) is 0 Å². The van der Waals surface area contributed by atoms with Crippen LogP contribution in [0.4, 0.5) is 0 Å². The number of carbonyl (C=O) groups excluding carboxylic acids is 1. The van der Waals surface area contributed by atoms with Gasteiger partial charge in [-0.05, 0) is 47.8 Å². The van der Waals surface area contributed by atoms with Gasteiger partial charge in [-0.25, -0.2) is 0 Å². The zero-order valence-electron chi connectivity index (χ0n) is 17.1. The number of aromatic nitrogens is 1. The molecule has 0 bridgehead atoms. The second-order valence-corrected chi connectivity index (χ2v) is 14.0. The highest BCUT2D eigenvalue weighted by molar-refractivity contribution is 6.74. The number of nitrogens with zero attached hydrogens (tertiary/aromatic N) is 1. The first-order chi connectivity index (χ1) is 12.0. The molecular formula is C22H31NO2Si. The van der Waals surface area contributed by atoms with Crippen molar-refractivity contribution in [2.45, 2.75) is 58.9 Å². The third-order valence-corrected chi connectivity index (χ3v) is 10.6. The summed E-state index contributed by atoms with van der Waals surface area (Å²) in [6.07, 6.45) is 4.87. The molecule has 140 valence electrons. The molecule has 1 aliphatic rings. The largest absolute Gasteiger partial charge is 0.411 e. The van der Waals surface area contributed by atoms with Crippen molar-refractivity contribution in [2.75, 3.05) is 0 Å². The number of hydrogen-bond acceptors (Lipinski definition) is 2. The van der Waals surface area contributed by atoms with Crippen LogP contribution in [0.25, 0.3) is 17.0 Å². The maximum Gasteiger partial charge on any atom is 0.192 e. The molecule has 26 heavy (non-hydrogen) atoms. The van der Waals surface area contributed by atoms with Gasteiger partial charge in [0.1, 0.15) is 0 Å². The van der Waals surface area contributed by atoms with E-state index < -0.39 is 8.32 Å². The first-order valence-corrected chi connectivity index (χ1v) is 12.4. The summed E-state index contributed by atoms with van der Waals surface area (Å²) < 4.78 is 8.63. The lowest BCUT2D eigenvalue weighted by Crippen LogP contribution is -2.40. The van der Waals surface area contributed by atoms with Gasteiger partial charge in [0.05, 0.1) is 6.61 Å². The summed E-state index contributed by atoms with van der Waals surface area (Å²) in [5, 5.41) is 1.34. The minimum absolute atomic E-state index is 0.194. The molecule has 0 saturated carbocycles. The van der Waals surface area contributed by atoms with Crippen molar-refractivity contribution in [3.8, 4) is 0 Å². The molecule has 0 radical (unpaired) electrons. The van der Waals surface area contributed by atoms with Crippen LogP contribution in [0.5, 0.6) is 0 Å². The van der Waals surface area contributed by atoms with Crippen molar-refractivity contribution in [3.63, 3.8) is 0 Å². The Kier molecular flexibility index (Phi) is 4.78. The van der Waals surface area contributed by atoms with Gasteiger partial charge in [0.2, 0.25) is 0 Å². The van der Waals surface area contributed by atoms with E-state index in [4.69, 9.17) is 4.43 Å². The average Bonchev–Trinajstić information content (AvgIpc) is 2.77. The maximum absolute atomic E-state index is 12.6. The number of allylic oxidation sites excluding steroid dienone is 1. The zero-order valence-corrected chi connectivity index (χ0v) is 18.1. The van der Waals surface area contributed by atoms with Crippen molar-refractivity contribution >= 4 is 31.1 Å². The molecule has 4 heteroatoms. The Morgan fingerprint density at radius 1 is 1.27 bits per heavy atom. The predicted octanol–water partition coefficient (Wildman–Crippen LogP) is 5.94. The fourth-order valence-electron chi connectivity index (χ4n) is 3.25. The monoisotopic (exact) mass is 369 g/mol. The standard InChI is InChI=1S/C22H31NO2Si/c1-15-8-9-17-18(21(24)12-15)10-11-20-19(17)13-16(23(20)5)14-25-26(6,7)22(2,3)4/h8-11,13,15H,12,14H2,1-7H3. The van der Waals surface area contributed by atoms with Crippen LogP contribution in [0.3, 0.4) is 0 Å². The SMILES string of the molecule is CC1C=Cc2c(ccc3c2cc(CO[Si](C)(C)C(C)(C)C)n3C)C(=O)C1. The van der Waals surface area contributed by atoms with Gasteiger partial charge >= 0.3 is 0 Å². The summed E-state index contributed by atoms with van der Waals surface area (Å²) in [7, 11) is 0.290. The summed E-state index contributed by atoms with van der Waals surface area (Å²) in [5.41, 5.74) is 4.23. The van der Waals surface area contributed by atoms with Crippen LogP contribution in [0, 0.1) is 5.92 Å². The third-order valence-electron chi connectivity index (χ3n) is 6.15. The lowest BCUT2D eigenvalue weighted by Gasteiger charge is -2.36. The predicted molar refractivity (Wildman–Crippen MR) is 112 cm³/mol. The van der Waals surface area contributed by atoms with Gasteiger partial charge in [0.15, 0.2) is 14.1 Å². The molecule has 1 heterocycles. The Labute approximate surface area is 158 Å². The third kappa shape index (κ3) is 3.32. The zero-order chi connectivity index (χ0) is 19.3. The van der Waals surface area contributed by atoms with Gasteiger partial charge in [-0.3, -0.25) is 4.79 Å². The number of hydrogen-bond donors (Lipinski definition) is 0. The van der Waals surface area contributed by atoms with Gasteiger partial charge in [-0.1, -0.05) is 39.8 Å². The Balaban J connectivity index is 2.01. The van der Waals surface area contributed by atoms with E-state index in [-0.39, 0.29) is 16.7 Å². The molecule has 0 saturated heterocycles. The molecule has 0 N–H and O–H groups in total. The maximum atomic E-state index is 12.6. The van der Waals surface area contributed by atoms with Crippen molar-refractivity contribution < 1.29 is 9.22 Å². The van der Waals surface area contributed by atoms with Crippen molar-refractivity contribution in [1.29, 1.82) is 0 Å². The Morgan fingerprint density at radius 3 is 2.62 bits per heavy atom. The Morgan fingerprint density at radius 2 is 1.96 bits per heavy atom. The number of benzene rings is 1. The van der Waals surface area contributed by atoms with Crippen LogP contribution in [0.1, 0.15) is 55.7 Å². The van der Waals surface area contributed by atoms with E-state index in [1.54, 1.807) is 0 Å². The number of fused-ring (bicyclic) bond motifs is 3. The van der Waals surface area contributed by atoms with E-state index in [1.807, 2.05) is 6.07 Å². The highest BCUT2D eigenvalue weighted by atomic mass is 28.4. The molecule has 1 aromatic carbocycles. The first-order valence-electron chi connectivity index (χ1n) is 9.48. The fourth-order valence-corrected chi connectivity index (χ4v) is 4.19. The van der Waals surface area contributed by atoms with Gasteiger partial charge in [0, 0.05) is 35.6 Å². The molecule has 0 fully saturated rings. The molecule has 0 amide bonds. The smallest absolute Gasteiger partial charge is 0.192 e. The number of rotatable bonds is 3. The van der Waals surface area contributed by atoms with E-state index in [2.05, 4.69) is 76.7 Å². The van der Waals surface area contributed by atoms with Crippen LogP contribution >= 0.6 is 0 Å². The minimum atomic E-state index is -1.80. The second kappa shape index (κ2) is 6.50. The number of carbonyl (C=O) groups is 1. The van der Waals surface area contributed by atoms with Gasteiger partial charge in [-0.15, -0.1) is 0 Å². The Bertz CT molecular complexity index is 884. The summed E-state index contributed by atoms with van der Waals surface area (Å²) in [6.45, 7) is 14.1. The van der Waals surface area contributed by atoms with E-state index in [0.29, 0.717) is 13.0 Å². The van der Waals surface area contributed by atoms with Crippen LogP contribution < -0.4 is 0 Å². The summed E-state index contributed by atoms with van der Waals surface area (Å²) in [6, 6.07) is 6.27. The molecule has 0 spiro atoms. The first kappa shape index (κ1) is 19.1. The van der Waals surface area contributed by atoms with Crippen molar-refractivity contribution in [1.82, 2.24) is 4.57 Å². The van der Waals surface area contributed by atoms with E-state index >= 15 is 0 Å². The average molecular weight is 370 g/mol. The summed E-state index contributed by atoms with van der Waals surface area (Å²) >= 11 is 0. The molecule has 1 aliphatic carbocycles. The van der Waals surface area contributed by atoms with E-state index in [0.717, 1.165) is 27.7 Å². The molecule has 3 rings (SSSR count). The summed E-state index contributed by atoms with van der Waals surface area (Å²) in [5.74, 6) is 0.525. The number of ketones is 1. The highest BCUT2D eigenvalue weighted by Crippen LogP contribution is 2.37. The highest BCUT2D eigenvalue weighted by Gasteiger charge is 2.37. The normalized spacial score (nSPS) is 18.3. The van der Waals surface area contributed by atoms with E-state index in [9.17, 15) is 4.79 Å². The quantitative estimate of drug-likeness (QED) is 0.627. The second-order valence-electron chi connectivity index (χ2n) is 9.17. The molecule has 2 aromatic rings. The van der Waals surface area contributed by atoms with Crippen molar-refractivity contribution in [2.24, 2.45) is 13.0 Å². The van der Waals surface area contributed by atoms with E-state index in [1.165, 1.54) is 0 Å². The Hall–Kier alpha value is -1.65. The minimum Gasteiger partial charge on any atom is -0.411 e.